The predicted molar refractivity (Wildman–Crippen MR) is 45.5 cm³/mol. The summed E-state index contributed by atoms with van der Waals surface area (Å²) in [6.07, 6.45) is 1.64. The van der Waals surface area contributed by atoms with Gasteiger partial charge in [0, 0.05) is 12.0 Å². The summed E-state index contributed by atoms with van der Waals surface area (Å²) in [5, 5.41) is 9.94. The fourth-order valence-corrected chi connectivity index (χ4v) is 1.55. The van der Waals surface area contributed by atoms with E-state index in [1.54, 1.807) is 0 Å². The van der Waals surface area contributed by atoms with E-state index in [0.717, 1.165) is 12.0 Å². The Labute approximate surface area is 71.8 Å². The van der Waals surface area contributed by atoms with E-state index in [4.69, 9.17) is 4.74 Å². The van der Waals surface area contributed by atoms with Crippen LogP contribution in [0.1, 0.15) is 18.4 Å². The SMILES string of the molecule is O[C@]1(c2ccccc2)CCCO1. The Morgan fingerprint density at radius 1 is 1.25 bits per heavy atom. The van der Waals surface area contributed by atoms with Crippen LogP contribution in [0.2, 0.25) is 0 Å². The highest BCUT2D eigenvalue weighted by Gasteiger charge is 2.33. The number of benzene rings is 1. The molecule has 1 aliphatic rings. The number of hydrogen-bond acceptors (Lipinski definition) is 2. The molecule has 1 aromatic rings. The Hall–Kier alpha value is -0.860. The molecule has 0 bridgehead atoms. The van der Waals surface area contributed by atoms with Gasteiger partial charge in [-0.25, -0.2) is 0 Å². The van der Waals surface area contributed by atoms with Crippen LogP contribution in [0, 0.1) is 0 Å². The molecule has 1 saturated heterocycles. The van der Waals surface area contributed by atoms with E-state index >= 15 is 0 Å². The van der Waals surface area contributed by atoms with Gasteiger partial charge in [0.05, 0.1) is 6.61 Å². The summed E-state index contributed by atoms with van der Waals surface area (Å²) in [6.45, 7) is 0.658. The summed E-state index contributed by atoms with van der Waals surface area (Å²) >= 11 is 0. The highest BCUT2D eigenvalue weighted by Crippen LogP contribution is 2.32. The van der Waals surface area contributed by atoms with E-state index in [-0.39, 0.29) is 0 Å². The molecule has 0 radical (unpaired) electrons. The van der Waals surface area contributed by atoms with Crippen LogP contribution in [-0.2, 0) is 10.5 Å². The van der Waals surface area contributed by atoms with Crippen molar-refractivity contribution in [1.29, 1.82) is 0 Å². The van der Waals surface area contributed by atoms with Crippen molar-refractivity contribution in [1.82, 2.24) is 0 Å². The molecule has 0 unspecified atom stereocenters. The fourth-order valence-electron chi connectivity index (χ4n) is 1.55. The van der Waals surface area contributed by atoms with Crippen LogP contribution in [0.4, 0.5) is 0 Å². The Balaban J connectivity index is 2.29. The summed E-state index contributed by atoms with van der Waals surface area (Å²) in [6, 6.07) is 9.54. The standard InChI is InChI=1S/C10H12O2/c11-10(7-4-8-12-10)9-5-2-1-3-6-9/h1-3,5-6,11H,4,7-8H2/t10-/m1/s1. The smallest absolute Gasteiger partial charge is 0.192 e. The lowest BCUT2D eigenvalue weighted by atomic mass is 10.0. The van der Waals surface area contributed by atoms with E-state index < -0.39 is 5.79 Å². The molecule has 64 valence electrons. The van der Waals surface area contributed by atoms with E-state index in [1.165, 1.54) is 0 Å². The molecule has 1 atom stereocenters. The molecule has 0 aliphatic carbocycles. The van der Waals surface area contributed by atoms with Gasteiger partial charge in [-0.05, 0) is 6.42 Å². The number of aliphatic hydroxyl groups is 1. The summed E-state index contributed by atoms with van der Waals surface area (Å²) in [5.74, 6) is -1.01. The Morgan fingerprint density at radius 3 is 2.58 bits per heavy atom. The second-order valence-electron chi connectivity index (χ2n) is 3.10. The second kappa shape index (κ2) is 2.88. The Bertz CT molecular complexity index is 250. The third kappa shape index (κ3) is 1.24. The minimum atomic E-state index is -1.01. The van der Waals surface area contributed by atoms with E-state index in [9.17, 15) is 5.11 Å². The van der Waals surface area contributed by atoms with E-state index in [1.807, 2.05) is 30.3 Å². The first-order valence-electron chi connectivity index (χ1n) is 4.23. The lowest BCUT2D eigenvalue weighted by Gasteiger charge is -2.21. The van der Waals surface area contributed by atoms with Crippen molar-refractivity contribution in [2.24, 2.45) is 0 Å². The molecule has 0 amide bonds. The van der Waals surface area contributed by atoms with Crippen LogP contribution in [-0.4, -0.2) is 11.7 Å². The fraction of sp³-hybridized carbons (Fsp3) is 0.400. The van der Waals surface area contributed by atoms with Gasteiger partial charge in [-0.3, -0.25) is 0 Å². The topological polar surface area (TPSA) is 29.5 Å². The summed E-state index contributed by atoms with van der Waals surface area (Å²) < 4.78 is 5.28. The molecule has 1 fully saturated rings. The van der Waals surface area contributed by atoms with Gasteiger partial charge in [-0.15, -0.1) is 0 Å². The summed E-state index contributed by atoms with van der Waals surface area (Å²) in [5.41, 5.74) is 0.863. The normalized spacial score (nSPS) is 29.1. The highest BCUT2D eigenvalue weighted by molar-refractivity contribution is 5.20. The zero-order valence-corrected chi connectivity index (χ0v) is 6.86. The largest absolute Gasteiger partial charge is 0.362 e. The van der Waals surface area contributed by atoms with Crippen molar-refractivity contribution >= 4 is 0 Å². The van der Waals surface area contributed by atoms with Gasteiger partial charge in [-0.2, -0.15) is 0 Å². The van der Waals surface area contributed by atoms with Crippen molar-refractivity contribution < 1.29 is 9.84 Å². The van der Waals surface area contributed by atoms with Crippen LogP contribution in [0.15, 0.2) is 30.3 Å². The van der Waals surface area contributed by atoms with Crippen molar-refractivity contribution in [2.75, 3.05) is 6.61 Å². The van der Waals surface area contributed by atoms with Gasteiger partial charge < -0.3 is 9.84 Å². The number of rotatable bonds is 1. The molecule has 12 heavy (non-hydrogen) atoms. The summed E-state index contributed by atoms with van der Waals surface area (Å²) in [7, 11) is 0. The molecule has 1 aliphatic heterocycles. The minimum Gasteiger partial charge on any atom is -0.362 e. The first kappa shape index (κ1) is 7.77. The maximum atomic E-state index is 9.94. The molecule has 2 nitrogen and oxygen atoms in total. The van der Waals surface area contributed by atoms with Gasteiger partial charge in [0.25, 0.3) is 0 Å². The predicted octanol–water partition coefficient (Wildman–Crippen LogP) is 1.64. The van der Waals surface area contributed by atoms with Crippen molar-refractivity contribution in [3.05, 3.63) is 35.9 Å². The first-order valence-corrected chi connectivity index (χ1v) is 4.23. The molecule has 1 aromatic carbocycles. The van der Waals surface area contributed by atoms with Crippen LogP contribution >= 0.6 is 0 Å². The lowest BCUT2D eigenvalue weighted by Crippen LogP contribution is -2.23. The average Bonchev–Trinajstić information content (AvgIpc) is 2.55. The van der Waals surface area contributed by atoms with Crippen LogP contribution < -0.4 is 0 Å². The van der Waals surface area contributed by atoms with Gasteiger partial charge in [0.1, 0.15) is 0 Å². The van der Waals surface area contributed by atoms with Crippen molar-refractivity contribution in [3.63, 3.8) is 0 Å². The molecule has 1 N–H and O–H groups in total. The Morgan fingerprint density at radius 2 is 2.00 bits per heavy atom. The van der Waals surface area contributed by atoms with Gasteiger partial charge in [-0.1, -0.05) is 30.3 Å². The maximum absolute atomic E-state index is 9.94. The second-order valence-corrected chi connectivity index (χ2v) is 3.10. The lowest BCUT2D eigenvalue weighted by molar-refractivity contribution is -0.179. The molecule has 1 heterocycles. The quantitative estimate of drug-likeness (QED) is 0.683. The van der Waals surface area contributed by atoms with E-state index in [0.29, 0.717) is 13.0 Å². The average molecular weight is 164 g/mol. The van der Waals surface area contributed by atoms with Crippen LogP contribution in [0.25, 0.3) is 0 Å². The zero-order valence-electron chi connectivity index (χ0n) is 6.86. The molecule has 2 heteroatoms. The van der Waals surface area contributed by atoms with E-state index in [2.05, 4.69) is 0 Å². The molecular formula is C10H12O2. The first-order chi connectivity index (χ1) is 5.81. The third-order valence-electron chi connectivity index (χ3n) is 2.23. The molecule has 0 spiro atoms. The molecule has 2 rings (SSSR count). The Kier molecular flexibility index (Phi) is 1.87. The highest BCUT2D eigenvalue weighted by atomic mass is 16.6. The molecular weight excluding hydrogens is 152 g/mol. The van der Waals surface area contributed by atoms with Crippen molar-refractivity contribution in [2.45, 2.75) is 18.6 Å². The van der Waals surface area contributed by atoms with Gasteiger partial charge >= 0.3 is 0 Å². The number of ether oxygens (including phenoxy) is 1. The third-order valence-corrected chi connectivity index (χ3v) is 2.23. The minimum absolute atomic E-state index is 0.658. The number of hydrogen-bond donors (Lipinski definition) is 1. The van der Waals surface area contributed by atoms with Crippen molar-refractivity contribution in [3.8, 4) is 0 Å². The van der Waals surface area contributed by atoms with Gasteiger partial charge in [0.2, 0.25) is 0 Å². The zero-order chi connectivity index (χ0) is 8.44. The molecule has 0 saturated carbocycles. The monoisotopic (exact) mass is 164 g/mol. The van der Waals surface area contributed by atoms with Crippen LogP contribution in [0.3, 0.4) is 0 Å². The van der Waals surface area contributed by atoms with Crippen LogP contribution in [0.5, 0.6) is 0 Å². The maximum Gasteiger partial charge on any atom is 0.192 e. The summed E-state index contributed by atoms with van der Waals surface area (Å²) in [4.78, 5) is 0. The van der Waals surface area contributed by atoms with Gasteiger partial charge in [0.15, 0.2) is 5.79 Å². The molecule has 0 aromatic heterocycles.